The number of thiophene rings is 1. The number of benzene rings is 1. The summed E-state index contributed by atoms with van der Waals surface area (Å²) in [5.41, 5.74) is -0.0753. The number of hydrogen-bond donors (Lipinski definition) is 1. The van der Waals surface area contributed by atoms with Crippen LogP contribution in [-0.2, 0) is 16.0 Å². The van der Waals surface area contributed by atoms with Crippen molar-refractivity contribution in [2.45, 2.75) is 39.0 Å². The first kappa shape index (κ1) is 22.3. The van der Waals surface area contributed by atoms with Crippen LogP contribution in [-0.4, -0.2) is 17.0 Å². The standard InChI is InChI=1S/C21H18Cl2O6S/c1-11(24)28-20-15(22)10-12-9-14(21(27)29-19(12)18(20)23)16-8-7-13(30-16)5-3-2-4-6-17(25)26/h7-10H,2-6H2,1H3,(H,25,26). The topological polar surface area (TPSA) is 93.8 Å². The van der Waals surface area contributed by atoms with Crippen LogP contribution in [0.3, 0.4) is 0 Å². The van der Waals surface area contributed by atoms with Gasteiger partial charge in [-0.2, -0.15) is 0 Å². The zero-order valence-electron chi connectivity index (χ0n) is 16.0. The van der Waals surface area contributed by atoms with Crippen molar-refractivity contribution >= 4 is 57.4 Å². The Kier molecular flexibility index (Phi) is 7.18. The zero-order valence-corrected chi connectivity index (χ0v) is 18.3. The molecule has 0 fully saturated rings. The fourth-order valence-corrected chi connectivity index (χ4v) is 4.63. The summed E-state index contributed by atoms with van der Waals surface area (Å²) in [6.45, 7) is 1.22. The Balaban J connectivity index is 1.84. The Bertz CT molecular complexity index is 1160. The van der Waals surface area contributed by atoms with E-state index in [-0.39, 0.29) is 27.8 Å². The third-order valence-corrected chi connectivity index (χ3v) is 6.16. The van der Waals surface area contributed by atoms with Crippen molar-refractivity contribution < 1.29 is 23.8 Å². The van der Waals surface area contributed by atoms with Gasteiger partial charge in [-0.15, -0.1) is 11.3 Å². The van der Waals surface area contributed by atoms with Gasteiger partial charge in [-0.3, -0.25) is 9.59 Å². The van der Waals surface area contributed by atoms with Crippen molar-refractivity contribution in [2.24, 2.45) is 0 Å². The Hall–Kier alpha value is -2.35. The lowest BCUT2D eigenvalue weighted by Crippen LogP contribution is -2.05. The lowest BCUT2D eigenvalue weighted by molar-refractivity contribution is -0.137. The number of halogens is 2. The number of carbonyl (C=O) groups is 2. The molecule has 0 aliphatic heterocycles. The van der Waals surface area contributed by atoms with Crippen molar-refractivity contribution in [1.29, 1.82) is 0 Å². The first-order valence-electron chi connectivity index (χ1n) is 9.21. The molecule has 2 aromatic heterocycles. The van der Waals surface area contributed by atoms with E-state index in [2.05, 4.69) is 0 Å². The molecule has 0 saturated heterocycles. The van der Waals surface area contributed by atoms with Crippen molar-refractivity contribution in [3.8, 4) is 16.2 Å². The average Bonchev–Trinajstić information content (AvgIpc) is 3.13. The molecule has 9 heteroatoms. The third-order valence-electron chi connectivity index (χ3n) is 4.36. The smallest absolute Gasteiger partial charge is 0.345 e. The van der Waals surface area contributed by atoms with Gasteiger partial charge in [0.25, 0.3) is 0 Å². The van der Waals surface area contributed by atoms with Crippen LogP contribution in [0.1, 0.15) is 37.5 Å². The molecule has 2 heterocycles. The largest absolute Gasteiger partial charge is 0.481 e. The minimum Gasteiger partial charge on any atom is -0.481 e. The summed E-state index contributed by atoms with van der Waals surface area (Å²) in [5, 5.41) is 9.28. The molecule has 0 atom stereocenters. The Morgan fingerprint density at radius 2 is 1.93 bits per heavy atom. The number of rotatable bonds is 8. The van der Waals surface area contributed by atoms with Crippen LogP contribution in [0.15, 0.2) is 33.5 Å². The van der Waals surface area contributed by atoms with Crippen LogP contribution in [0.4, 0.5) is 0 Å². The molecule has 3 rings (SSSR count). The van der Waals surface area contributed by atoms with Gasteiger partial charge in [0.1, 0.15) is 5.02 Å². The van der Waals surface area contributed by atoms with Gasteiger partial charge in [0, 0.05) is 28.5 Å². The molecule has 0 aliphatic rings. The van der Waals surface area contributed by atoms with Crippen LogP contribution < -0.4 is 10.4 Å². The van der Waals surface area contributed by atoms with E-state index in [1.165, 1.54) is 24.3 Å². The molecule has 0 saturated carbocycles. The third kappa shape index (κ3) is 5.22. The normalized spacial score (nSPS) is 11.0. The number of carbonyl (C=O) groups excluding carboxylic acids is 1. The number of carboxylic acids is 1. The predicted octanol–water partition coefficient (Wildman–Crippen LogP) is 5.94. The van der Waals surface area contributed by atoms with E-state index in [1.807, 2.05) is 12.1 Å². The van der Waals surface area contributed by atoms with Crippen molar-refractivity contribution in [3.05, 3.63) is 49.6 Å². The summed E-state index contributed by atoms with van der Waals surface area (Å²) in [5.74, 6) is -1.42. The van der Waals surface area contributed by atoms with Gasteiger partial charge in [-0.25, -0.2) is 4.79 Å². The highest BCUT2D eigenvalue weighted by atomic mass is 35.5. The number of fused-ring (bicyclic) bond motifs is 1. The Morgan fingerprint density at radius 1 is 1.17 bits per heavy atom. The maximum Gasteiger partial charge on any atom is 0.345 e. The highest BCUT2D eigenvalue weighted by Gasteiger charge is 2.19. The monoisotopic (exact) mass is 468 g/mol. The number of carboxylic acid groups (broad SMARTS) is 1. The highest BCUT2D eigenvalue weighted by Crippen LogP contribution is 2.40. The number of aliphatic carboxylic acids is 1. The molecule has 0 spiro atoms. The van der Waals surface area contributed by atoms with Gasteiger partial charge in [0.05, 0.1) is 10.6 Å². The first-order chi connectivity index (χ1) is 14.3. The van der Waals surface area contributed by atoms with E-state index in [0.29, 0.717) is 17.4 Å². The van der Waals surface area contributed by atoms with Crippen molar-refractivity contribution in [3.63, 3.8) is 0 Å². The average molecular weight is 469 g/mol. The molecule has 0 radical (unpaired) electrons. The molecule has 0 unspecified atom stereocenters. The number of aryl methyl sites for hydroxylation is 1. The van der Waals surface area contributed by atoms with E-state index >= 15 is 0 Å². The summed E-state index contributed by atoms with van der Waals surface area (Å²) in [6.07, 6.45) is 3.35. The van der Waals surface area contributed by atoms with E-state index in [0.717, 1.165) is 29.0 Å². The van der Waals surface area contributed by atoms with E-state index in [4.69, 9.17) is 37.5 Å². The summed E-state index contributed by atoms with van der Waals surface area (Å²) < 4.78 is 10.4. The van der Waals surface area contributed by atoms with Gasteiger partial charge < -0.3 is 14.3 Å². The van der Waals surface area contributed by atoms with Crippen LogP contribution in [0, 0.1) is 0 Å². The fourth-order valence-electron chi connectivity index (χ4n) is 2.99. The van der Waals surface area contributed by atoms with E-state index < -0.39 is 17.6 Å². The Morgan fingerprint density at radius 3 is 2.63 bits per heavy atom. The SMILES string of the molecule is CC(=O)Oc1c(Cl)cc2cc(-c3ccc(CCCCCC(=O)O)s3)c(=O)oc2c1Cl. The molecule has 1 aromatic carbocycles. The molecular weight excluding hydrogens is 451 g/mol. The fraction of sp³-hybridized carbons (Fsp3) is 0.286. The second-order valence-electron chi connectivity index (χ2n) is 6.68. The molecule has 3 aromatic rings. The molecule has 6 nitrogen and oxygen atoms in total. The number of hydrogen-bond acceptors (Lipinski definition) is 6. The summed E-state index contributed by atoms with van der Waals surface area (Å²) in [7, 11) is 0. The van der Waals surface area contributed by atoms with Gasteiger partial charge in [0.15, 0.2) is 11.3 Å². The number of ether oxygens (including phenoxy) is 1. The zero-order chi connectivity index (χ0) is 21.8. The minimum absolute atomic E-state index is 0.0374. The molecule has 1 N–H and O–H groups in total. The first-order valence-corrected chi connectivity index (χ1v) is 10.8. The van der Waals surface area contributed by atoms with Crippen molar-refractivity contribution in [2.75, 3.05) is 0 Å². The quantitative estimate of drug-likeness (QED) is 0.190. The molecule has 0 bridgehead atoms. The lowest BCUT2D eigenvalue weighted by Gasteiger charge is -2.09. The molecule has 0 amide bonds. The predicted molar refractivity (Wildman–Crippen MR) is 117 cm³/mol. The molecule has 0 aliphatic carbocycles. The lowest BCUT2D eigenvalue weighted by atomic mass is 10.1. The van der Waals surface area contributed by atoms with E-state index in [1.54, 1.807) is 6.07 Å². The molecule has 30 heavy (non-hydrogen) atoms. The highest BCUT2D eigenvalue weighted by molar-refractivity contribution is 7.15. The molecule has 158 valence electrons. The Labute approximate surface area is 186 Å². The minimum atomic E-state index is -0.781. The second kappa shape index (κ2) is 9.64. The number of esters is 1. The van der Waals surface area contributed by atoms with Gasteiger partial charge in [-0.1, -0.05) is 29.6 Å². The molecular formula is C21H18Cl2O6S. The van der Waals surface area contributed by atoms with E-state index in [9.17, 15) is 14.4 Å². The van der Waals surface area contributed by atoms with Crippen LogP contribution in [0.2, 0.25) is 10.0 Å². The van der Waals surface area contributed by atoms with Crippen molar-refractivity contribution in [1.82, 2.24) is 0 Å². The summed E-state index contributed by atoms with van der Waals surface area (Å²) in [6, 6.07) is 6.99. The van der Waals surface area contributed by atoms with Crippen LogP contribution in [0.25, 0.3) is 21.4 Å². The summed E-state index contributed by atoms with van der Waals surface area (Å²) in [4.78, 5) is 36.2. The van der Waals surface area contributed by atoms with Gasteiger partial charge in [-0.05, 0) is 43.5 Å². The second-order valence-corrected chi connectivity index (χ2v) is 8.63. The maximum atomic E-state index is 12.6. The van der Waals surface area contributed by atoms with Gasteiger partial charge in [0.2, 0.25) is 0 Å². The van der Waals surface area contributed by atoms with Crippen LogP contribution >= 0.6 is 34.5 Å². The maximum absolute atomic E-state index is 12.6. The van der Waals surface area contributed by atoms with Gasteiger partial charge >= 0.3 is 17.6 Å². The summed E-state index contributed by atoms with van der Waals surface area (Å²) >= 11 is 13.9. The number of unbranched alkanes of at least 4 members (excludes halogenated alkanes) is 2. The van der Waals surface area contributed by atoms with Crippen LogP contribution in [0.5, 0.6) is 5.75 Å².